The molecule has 1 heterocycles. The van der Waals surface area contributed by atoms with Gasteiger partial charge in [0.2, 0.25) is 10.0 Å². The summed E-state index contributed by atoms with van der Waals surface area (Å²) < 4.78 is 31.8. The van der Waals surface area contributed by atoms with Crippen LogP contribution >= 0.6 is 27.5 Å². The molecule has 0 radical (unpaired) electrons. The summed E-state index contributed by atoms with van der Waals surface area (Å²) in [6, 6.07) is 9.36. The second kappa shape index (κ2) is 8.99. The lowest BCUT2D eigenvalue weighted by Crippen LogP contribution is -2.30. The molecule has 3 rings (SSSR count). The first-order valence-corrected chi connectivity index (χ1v) is 12.3. The minimum absolute atomic E-state index is 0.237. The molecule has 0 saturated heterocycles. The van der Waals surface area contributed by atoms with Gasteiger partial charge in [0.1, 0.15) is 11.4 Å². The summed E-state index contributed by atoms with van der Waals surface area (Å²) in [5, 5.41) is 1.59. The molecule has 0 bridgehead atoms. The summed E-state index contributed by atoms with van der Waals surface area (Å²) in [6.07, 6.45) is 2.11. The van der Waals surface area contributed by atoms with Crippen molar-refractivity contribution in [1.82, 2.24) is 9.71 Å². The van der Waals surface area contributed by atoms with E-state index in [0.29, 0.717) is 19.4 Å². The molecule has 30 heavy (non-hydrogen) atoms. The topological polar surface area (TPSA) is 88.3 Å². The van der Waals surface area contributed by atoms with Gasteiger partial charge in [-0.05, 0) is 67.6 Å². The first kappa shape index (κ1) is 22.7. The molecular formula is C21H22BrClN2O4S. The third-order valence-corrected chi connectivity index (χ3v) is 6.44. The van der Waals surface area contributed by atoms with Gasteiger partial charge in [0, 0.05) is 20.4 Å². The van der Waals surface area contributed by atoms with Gasteiger partial charge in [0.05, 0.1) is 12.9 Å². The van der Waals surface area contributed by atoms with E-state index in [4.69, 9.17) is 16.3 Å². The second-order valence-corrected chi connectivity index (χ2v) is 10.1. The fourth-order valence-corrected chi connectivity index (χ4v) is 4.52. The number of H-pyrrole nitrogens is 1. The monoisotopic (exact) mass is 512 g/mol. The molecular weight excluding hydrogens is 492 g/mol. The van der Waals surface area contributed by atoms with E-state index in [9.17, 15) is 13.2 Å². The molecule has 6 nitrogen and oxygen atoms in total. The zero-order chi connectivity index (χ0) is 22.1. The van der Waals surface area contributed by atoms with E-state index in [1.807, 2.05) is 48.9 Å². The number of hydrogen-bond donors (Lipinski definition) is 2. The molecule has 2 N–H and O–H groups in total. The molecule has 1 aromatic heterocycles. The molecule has 0 aliphatic rings. The van der Waals surface area contributed by atoms with Crippen molar-refractivity contribution in [1.29, 1.82) is 0 Å². The van der Waals surface area contributed by atoms with Gasteiger partial charge >= 0.3 is 0 Å². The fraction of sp³-hybridized carbons (Fsp3) is 0.286. The quantitative estimate of drug-likeness (QED) is 0.440. The van der Waals surface area contributed by atoms with Crippen LogP contribution < -0.4 is 9.46 Å². The highest BCUT2D eigenvalue weighted by atomic mass is 79.9. The Morgan fingerprint density at radius 3 is 2.53 bits per heavy atom. The van der Waals surface area contributed by atoms with Crippen LogP contribution in [0.1, 0.15) is 33.6 Å². The van der Waals surface area contributed by atoms with E-state index < -0.39 is 15.9 Å². The number of halogens is 2. The maximum Gasteiger partial charge on any atom is 0.281 e. The van der Waals surface area contributed by atoms with Gasteiger partial charge in [-0.1, -0.05) is 33.6 Å². The van der Waals surface area contributed by atoms with Crippen LogP contribution in [0.4, 0.5) is 0 Å². The molecule has 0 aliphatic carbocycles. The van der Waals surface area contributed by atoms with Gasteiger partial charge in [0.15, 0.2) is 0 Å². The van der Waals surface area contributed by atoms with E-state index in [1.165, 1.54) is 0 Å². The number of benzene rings is 2. The van der Waals surface area contributed by atoms with Crippen molar-refractivity contribution in [2.24, 2.45) is 0 Å². The van der Waals surface area contributed by atoms with E-state index in [-0.39, 0.29) is 5.69 Å². The van der Waals surface area contributed by atoms with Crippen LogP contribution in [0.15, 0.2) is 34.8 Å². The number of aromatic nitrogens is 1. The van der Waals surface area contributed by atoms with Gasteiger partial charge in [-0.15, -0.1) is 0 Å². The summed E-state index contributed by atoms with van der Waals surface area (Å²) in [7, 11) is -3.68. The number of nitrogens with one attached hydrogen (secondary N) is 2. The van der Waals surface area contributed by atoms with Gasteiger partial charge in [0.25, 0.3) is 5.91 Å². The van der Waals surface area contributed by atoms with Crippen molar-refractivity contribution in [3.63, 3.8) is 0 Å². The zero-order valence-corrected chi connectivity index (χ0v) is 20.0. The summed E-state index contributed by atoms with van der Waals surface area (Å²) >= 11 is 9.72. The van der Waals surface area contributed by atoms with Crippen LogP contribution in [0.25, 0.3) is 10.9 Å². The van der Waals surface area contributed by atoms with Crippen LogP contribution in [0.3, 0.4) is 0 Å². The van der Waals surface area contributed by atoms with Crippen molar-refractivity contribution in [2.45, 2.75) is 26.7 Å². The first-order chi connectivity index (χ1) is 14.1. The normalized spacial score (nSPS) is 11.6. The molecule has 160 valence electrons. The number of aryl methyl sites for hydroxylation is 3. The maximum atomic E-state index is 12.5. The smallest absolute Gasteiger partial charge is 0.281 e. The van der Waals surface area contributed by atoms with Crippen LogP contribution in [0, 0.1) is 13.8 Å². The largest absolute Gasteiger partial charge is 0.494 e. The molecule has 0 saturated carbocycles. The average molecular weight is 514 g/mol. The van der Waals surface area contributed by atoms with Crippen molar-refractivity contribution < 1.29 is 17.9 Å². The Kier molecular flexibility index (Phi) is 6.79. The molecule has 0 aliphatic heterocycles. The molecule has 0 fully saturated rings. The minimum atomic E-state index is -3.68. The lowest BCUT2D eigenvalue weighted by molar-refractivity contribution is 0.0976. The number of fused-ring (bicyclic) bond motifs is 1. The number of aromatic amines is 1. The second-order valence-electron chi connectivity index (χ2n) is 7.17. The van der Waals surface area contributed by atoms with Crippen LogP contribution in [0.5, 0.6) is 5.75 Å². The molecule has 0 unspecified atom stereocenters. The van der Waals surface area contributed by atoms with Gasteiger partial charge in [-0.2, -0.15) is 0 Å². The highest BCUT2D eigenvalue weighted by molar-refractivity contribution is 9.10. The Morgan fingerprint density at radius 2 is 1.90 bits per heavy atom. The molecule has 3 aromatic rings. The molecule has 0 atom stereocenters. The van der Waals surface area contributed by atoms with Crippen LogP contribution in [-0.2, 0) is 16.4 Å². The summed E-state index contributed by atoms with van der Waals surface area (Å²) in [6.45, 7) is 4.29. The van der Waals surface area contributed by atoms with Crippen molar-refractivity contribution >= 4 is 54.4 Å². The standard InChI is InChI=1S/C21H22BrClN2O4S/c1-12-10-14(11-13(2)19(12)23)29-9-5-6-15-18-16(22)7-4-8-17(18)24-20(15)21(26)25-30(3,27)28/h4,7-8,10-11,24H,5-6,9H2,1-3H3,(H,25,26). The number of hydrogen-bond acceptors (Lipinski definition) is 4. The van der Waals surface area contributed by atoms with Crippen molar-refractivity contribution in [3.8, 4) is 5.75 Å². The number of carbonyl (C=O) groups excluding carboxylic acids is 1. The molecule has 9 heteroatoms. The molecule has 1 amide bonds. The van der Waals surface area contributed by atoms with Gasteiger partial charge in [-0.25, -0.2) is 13.1 Å². The summed E-state index contributed by atoms with van der Waals surface area (Å²) in [5.41, 5.74) is 3.63. The van der Waals surface area contributed by atoms with E-state index in [2.05, 4.69) is 20.9 Å². The minimum Gasteiger partial charge on any atom is -0.494 e. The Labute approximate surface area is 189 Å². The third kappa shape index (κ3) is 5.17. The lowest BCUT2D eigenvalue weighted by Gasteiger charge is -2.10. The fourth-order valence-electron chi connectivity index (χ4n) is 3.36. The average Bonchev–Trinajstić information content (AvgIpc) is 3.02. The highest BCUT2D eigenvalue weighted by Gasteiger charge is 2.21. The Hall–Kier alpha value is -2.03. The predicted octanol–water partition coefficient (Wildman–Crippen LogP) is 4.90. The summed E-state index contributed by atoms with van der Waals surface area (Å²) in [4.78, 5) is 15.6. The van der Waals surface area contributed by atoms with Gasteiger partial charge < -0.3 is 9.72 Å². The van der Waals surface area contributed by atoms with E-state index >= 15 is 0 Å². The predicted molar refractivity (Wildman–Crippen MR) is 123 cm³/mol. The highest BCUT2D eigenvalue weighted by Crippen LogP contribution is 2.31. The van der Waals surface area contributed by atoms with E-state index in [0.717, 1.165) is 49.1 Å². The number of ether oxygens (including phenoxy) is 1. The number of rotatable bonds is 7. The maximum absolute atomic E-state index is 12.5. The number of carbonyl (C=O) groups is 1. The van der Waals surface area contributed by atoms with Crippen molar-refractivity contribution in [2.75, 3.05) is 12.9 Å². The van der Waals surface area contributed by atoms with Crippen LogP contribution in [0.2, 0.25) is 5.02 Å². The van der Waals surface area contributed by atoms with Crippen molar-refractivity contribution in [3.05, 3.63) is 62.2 Å². The molecule has 0 spiro atoms. The lowest BCUT2D eigenvalue weighted by atomic mass is 10.1. The van der Waals surface area contributed by atoms with Crippen LogP contribution in [-0.4, -0.2) is 32.2 Å². The van der Waals surface area contributed by atoms with Gasteiger partial charge in [-0.3, -0.25) is 4.79 Å². The van der Waals surface area contributed by atoms with E-state index in [1.54, 1.807) is 0 Å². The Balaban J connectivity index is 1.81. The molecule has 2 aromatic carbocycles. The number of amides is 1. The SMILES string of the molecule is Cc1cc(OCCCc2c(C(=O)NS(C)(=O)=O)[nH]c3cccc(Br)c23)cc(C)c1Cl. The third-order valence-electron chi connectivity index (χ3n) is 4.63. The Bertz CT molecular complexity index is 1200. The number of sulfonamides is 1. The Morgan fingerprint density at radius 1 is 1.23 bits per heavy atom. The first-order valence-electron chi connectivity index (χ1n) is 9.27. The summed E-state index contributed by atoms with van der Waals surface area (Å²) in [5.74, 6) is 0.0602. The zero-order valence-electron chi connectivity index (χ0n) is 16.8.